The zero-order chi connectivity index (χ0) is 18.2. The molecule has 6 heteroatoms. The van der Waals surface area contributed by atoms with E-state index in [1.807, 2.05) is 44.2 Å². The highest BCUT2D eigenvalue weighted by atomic mass is 16.5. The highest BCUT2D eigenvalue weighted by molar-refractivity contribution is 5.79. The monoisotopic (exact) mass is 343 g/mol. The first-order chi connectivity index (χ1) is 12.0. The van der Waals surface area contributed by atoms with Crippen molar-refractivity contribution in [2.75, 3.05) is 20.2 Å². The van der Waals surface area contributed by atoms with Crippen molar-refractivity contribution in [2.45, 2.75) is 33.9 Å². The van der Waals surface area contributed by atoms with E-state index in [0.29, 0.717) is 13.2 Å². The number of aliphatic imine (C=N–C) groups is 1. The van der Waals surface area contributed by atoms with Gasteiger partial charge in [0.25, 0.3) is 0 Å². The summed E-state index contributed by atoms with van der Waals surface area (Å²) < 4.78 is 7.41. The molecule has 0 saturated carbocycles. The normalized spacial score (nSPS) is 11.5. The molecule has 0 aliphatic carbocycles. The average molecular weight is 343 g/mol. The van der Waals surface area contributed by atoms with E-state index in [1.165, 1.54) is 5.56 Å². The summed E-state index contributed by atoms with van der Waals surface area (Å²) in [5.41, 5.74) is 3.47. The molecule has 6 nitrogen and oxygen atoms in total. The van der Waals surface area contributed by atoms with Crippen LogP contribution in [0.4, 0.5) is 0 Å². The van der Waals surface area contributed by atoms with Gasteiger partial charge in [0.05, 0.1) is 19.3 Å². The molecule has 0 atom stereocenters. The van der Waals surface area contributed by atoms with Crippen LogP contribution in [-0.4, -0.2) is 40.8 Å². The first-order valence-corrected chi connectivity index (χ1v) is 8.72. The minimum Gasteiger partial charge on any atom is -0.494 e. The molecule has 2 rings (SSSR count). The van der Waals surface area contributed by atoms with Gasteiger partial charge in [0.2, 0.25) is 0 Å². The van der Waals surface area contributed by atoms with E-state index in [0.717, 1.165) is 35.9 Å². The van der Waals surface area contributed by atoms with Crippen LogP contribution in [-0.2, 0) is 20.1 Å². The molecule has 0 bridgehead atoms. The Hall–Kier alpha value is -2.50. The number of guanidine groups is 1. The molecule has 0 spiro atoms. The fourth-order valence-corrected chi connectivity index (χ4v) is 2.67. The smallest absolute Gasteiger partial charge is 0.194 e. The van der Waals surface area contributed by atoms with Crippen molar-refractivity contribution in [3.05, 3.63) is 47.3 Å². The predicted molar refractivity (Wildman–Crippen MR) is 102 cm³/mol. The summed E-state index contributed by atoms with van der Waals surface area (Å²) in [7, 11) is 3.97. The van der Waals surface area contributed by atoms with Crippen LogP contribution in [0.1, 0.15) is 30.5 Å². The highest BCUT2D eigenvalue weighted by Gasteiger charge is 2.08. The Morgan fingerprint density at radius 3 is 2.72 bits per heavy atom. The molecule has 136 valence electrons. The van der Waals surface area contributed by atoms with Crippen molar-refractivity contribution in [1.82, 2.24) is 20.0 Å². The third kappa shape index (κ3) is 5.52. The Labute approximate surface area is 150 Å². The third-order valence-corrected chi connectivity index (χ3v) is 3.83. The number of benzene rings is 1. The molecule has 2 aromatic rings. The van der Waals surface area contributed by atoms with Gasteiger partial charge in [0.1, 0.15) is 5.75 Å². The molecule has 0 amide bonds. The quantitative estimate of drug-likeness (QED) is 0.620. The minimum absolute atomic E-state index is 0.632. The van der Waals surface area contributed by atoms with Crippen molar-refractivity contribution < 1.29 is 4.74 Å². The standard InChI is InChI=1S/C19H29N5O/c1-6-20-19(23(4)13-17-12-22-24(5)14-17)21-11-16-8-9-18(25-7-2)15(3)10-16/h8-10,12,14H,6-7,11,13H2,1-5H3,(H,20,21). The van der Waals surface area contributed by atoms with Gasteiger partial charge in [-0.3, -0.25) is 4.68 Å². The summed E-state index contributed by atoms with van der Waals surface area (Å²) in [6.45, 7) is 9.06. The average Bonchev–Trinajstić information content (AvgIpc) is 2.98. The van der Waals surface area contributed by atoms with Gasteiger partial charge in [-0.25, -0.2) is 4.99 Å². The second-order valence-corrected chi connectivity index (χ2v) is 6.08. The molecule has 1 heterocycles. The van der Waals surface area contributed by atoms with Crippen LogP contribution in [0.25, 0.3) is 0 Å². The second kappa shape index (κ2) is 9.11. The van der Waals surface area contributed by atoms with E-state index >= 15 is 0 Å². The van der Waals surface area contributed by atoms with Gasteiger partial charge in [0.15, 0.2) is 5.96 Å². The van der Waals surface area contributed by atoms with Gasteiger partial charge in [-0.2, -0.15) is 5.10 Å². The van der Waals surface area contributed by atoms with E-state index in [9.17, 15) is 0 Å². The summed E-state index contributed by atoms with van der Waals surface area (Å²) in [6, 6.07) is 6.24. The van der Waals surface area contributed by atoms with E-state index < -0.39 is 0 Å². The summed E-state index contributed by atoms with van der Waals surface area (Å²) in [5.74, 6) is 1.83. The van der Waals surface area contributed by atoms with Crippen LogP contribution in [0.2, 0.25) is 0 Å². The SMILES string of the molecule is CCNC(=NCc1ccc(OCC)c(C)c1)N(C)Cc1cnn(C)c1. The Kier molecular flexibility index (Phi) is 6.86. The first kappa shape index (κ1) is 18.8. The lowest BCUT2D eigenvalue weighted by molar-refractivity contribution is 0.338. The summed E-state index contributed by atoms with van der Waals surface area (Å²) >= 11 is 0. The molecule has 1 aromatic heterocycles. The molecular formula is C19H29N5O. The van der Waals surface area contributed by atoms with Gasteiger partial charge in [0, 0.05) is 38.9 Å². The maximum atomic E-state index is 5.60. The van der Waals surface area contributed by atoms with Gasteiger partial charge >= 0.3 is 0 Å². The lowest BCUT2D eigenvalue weighted by Gasteiger charge is -2.21. The van der Waals surface area contributed by atoms with E-state index in [2.05, 4.69) is 41.3 Å². The molecule has 0 fully saturated rings. The van der Waals surface area contributed by atoms with Gasteiger partial charge in [-0.05, 0) is 38.0 Å². The van der Waals surface area contributed by atoms with Gasteiger partial charge in [-0.15, -0.1) is 0 Å². The number of hydrogen-bond acceptors (Lipinski definition) is 3. The Bertz CT molecular complexity index is 708. The van der Waals surface area contributed by atoms with Crippen LogP contribution in [0.3, 0.4) is 0 Å². The number of aryl methyl sites for hydroxylation is 2. The fourth-order valence-electron chi connectivity index (χ4n) is 2.67. The summed E-state index contributed by atoms with van der Waals surface area (Å²) in [4.78, 5) is 6.88. The van der Waals surface area contributed by atoms with E-state index in [1.54, 1.807) is 0 Å². The highest BCUT2D eigenvalue weighted by Crippen LogP contribution is 2.19. The number of aromatic nitrogens is 2. The number of ether oxygens (including phenoxy) is 1. The Morgan fingerprint density at radius 2 is 2.12 bits per heavy atom. The maximum absolute atomic E-state index is 5.60. The van der Waals surface area contributed by atoms with Crippen LogP contribution in [0, 0.1) is 6.92 Å². The molecule has 0 radical (unpaired) electrons. The lowest BCUT2D eigenvalue weighted by Crippen LogP contribution is -2.38. The van der Waals surface area contributed by atoms with Gasteiger partial charge in [-0.1, -0.05) is 12.1 Å². The van der Waals surface area contributed by atoms with Gasteiger partial charge < -0.3 is 15.0 Å². The zero-order valence-corrected chi connectivity index (χ0v) is 15.9. The molecule has 1 N–H and O–H groups in total. The number of nitrogens with one attached hydrogen (secondary N) is 1. The first-order valence-electron chi connectivity index (χ1n) is 8.72. The lowest BCUT2D eigenvalue weighted by atomic mass is 10.1. The summed E-state index contributed by atoms with van der Waals surface area (Å²) in [6.07, 6.45) is 3.91. The van der Waals surface area contributed by atoms with Crippen LogP contribution < -0.4 is 10.1 Å². The third-order valence-electron chi connectivity index (χ3n) is 3.83. The largest absolute Gasteiger partial charge is 0.494 e. The van der Waals surface area contributed by atoms with Crippen molar-refractivity contribution >= 4 is 5.96 Å². The van der Waals surface area contributed by atoms with E-state index in [4.69, 9.17) is 9.73 Å². The second-order valence-electron chi connectivity index (χ2n) is 6.08. The van der Waals surface area contributed by atoms with Crippen LogP contribution in [0.15, 0.2) is 35.6 Å². The molecule has 25 heavy (non-hydrogen) atoms. The fraction of sp³-hybridized carbons (Fsp3) is 0.474. The maximum Gasteiger partial charge on any atom is 0.194 e. The van der Waals surface area contributed by atoms with Crippen molar-refractivity contribution in [3.8, 4) is 5.75 Å². The number of hydrogen-bond donors (Lipinski definition) is 1. The zero-order valence-electron chi connectivity index (χ0n) is 15.9. The summed E-state index contributed by atoms with van der Waals surface area (Å²) in [5, 5.41) is 7.57. The van der Waals surface area contributed by atoms with Crippen molar-refractivity contribution in [2.24, 2.45) is 12.0 Å². The van der Waals surface area contributed by atoms with Crippen LogP contribution >= 0.6 is 0 Å². The molecule has 0 saturated heterocycles. The Balaban J connectivity index is 2.06. The number of nitrogens with zero attached hydrogens (tertiary/aromatic N) is 4. The molecule has 0 aliphatic rings. The molecule has 0 unspecified atom stereocenters. The van der Waals surface area contributed by atoms with Crippen molar-refractivity contribution in [3.63, 3.8) is 0 Å². The topological polar surface area (TPSA) is 54.7 Å². The van der Waals surface area contributed by atoms with Crippen LogP contribution in [0.5, 0.6) is 5.75 Å². The predicted octanol–water partition coefficient (Wildman–Crippen LogP) is 2.72. The number of rotatable bonds is 7. The molecule has 1 aromatic carbocycles. The molecule has 0 aliphatic heterocycles. The minimum atomic E-state index is 0.632. The Morgan fingerprint density at radius 1 is 1.32 bits per heavy atom. The molecular weight excluding hydrogens is 314 g/mol. The van der Waals surface area contributed by atoms with Crippen molar-refractivity contribution in [1.29, 1.82) is 0 Å². The van der Waals surface area contributed by atoms with E-state index in [-0.39, 0.29) is 0 Å².